The molecule has 0 bridgehead atoms. The molecule has 1 fully saturated rings. The molecule has 1 amide bonds. The Labute approximate surface area is 106 Å². The predicted octanol–water partition coefficient (Wildman–Crippen LogP) is 2.97. The fourth-order valence-electron chi connectivity index (χ4n) is 2.45. The molecule has 18 heavy (non-hydrogen) atoms. The third-order valence-corrected chi connectivity index (χ3v) is 3.47. The summed E-state index contributed by atoms with van der Waals surface area (Å²) < 4.78 is 5.30. The van der Waals surface area contributed by atoms with Gasteiger partial charge in [0.2, 0.25) is 5.91 Å². The Morgan fingerprint density at radius 2 is 2.33 bits per heavy atom. The van der Waals surface area contributed by atoms with Gasteiger partial charge < -0.3 is 9.32 Å². The highest BCUT2D eigenvalue weighted by Gasteiger charge is 2.27. The normalized spacial score (nSPS) is 19.7. The van der Waals surface area contributed by atoms with E-state index in [9.17, 15) is 4.79 Å². The van der Waals surface area contributed by atoms with Crippen molar-refractivity contribution in [2.75, 3.05) is 6.54 Å². The molecular formula is C15H15NO2. The Bertz CT molecular complexity index is 599. The highest BCUT2D eigenvalue weighted by atomic mass is 16.3. The molecule has 0 radical (unpaired) electrons. The van der Waals surface area contributed by atoms with Crippen molar-refractivity contribution in [2.24, 2.45) is 5.92 Å². The Morgan fingerprint density at radius 1 is 1.44 bits per heavy atom. The molecule has 1 aliphatic rings. The lowest BCUT2D eigenvalue weighted by atomic mass is 10.1. The van der Waals surface area contributed by atoms with E-state index in [1.807, 2.05) is 29.2 Å². The summed E-state index contributed by atoms with van der Waals surface area (Å²) in [7, 11) is 0. The first-order chi connectivity index (χ1) is 8.76. The van der Waals surface area contributed by atoms with Crippen LogP contribution in [0.4, 0.5) is 0 Å². The quantitative estimate of drug-likeness (QED) is 0.774. The topological polar surface area (TPSA) is 33.5 Å². The zero-order chi connectivity index (χ0) is 12.5. The highest BCUT2D eigenvalue weighted by molar-refractivity contribution is 5.80. The van der Waals surface area contributed by atoms with Gasteiger partial charge in [-0.25, -0.2) is 0 Å². The first-order valence-electron chi connectivity index (χ1n) is 6.13. The van der Waals surface area contributed by atoms with Gasteiger partial charge in [-0.05, 0) is 23.8 Å². The van der Waals surface area contributed by atoms with Gasteiger partial charge in [-0.2, -0.15) is 0 Å². The number of carbonyl (C=O) groups is 1. The molecule has 1 atom stereocenters. The molecule has 3 heteroatoms. The van der Waals surface area contributed by atoms with Gasteiger partial charge in [0.15, 0.2) is 0 Å². The van der Waals surface area contributed by atoms with E-state index in [1.54, 1.807) is 6.26 Å². The SMILES string of the molecule is C=CC1CC(=O)N(Cc2ccc3occc3c2)C1. The van der Waals surface area contributed by atoms with E-state index in [0.29, 0.717) is 18.9 Å². The van der Waals surface area contributed by atoms with Crippen molar-refractivity contribution in [1.29, 1.82) is 0 Å². The Kier molecular flexibility index (Phi) is 2.67. The smallest absolute Gasteiger partial charge is 0.223 e. The molecule has 1 aromatic heterocycles. The second kappa shape index (κ2) is 4.33. The van der Waals surface area contributed by atoms with E-state index in [-0.39, 0.29) is 5.91 Å². The highest BCUT2D eigenvalue weighted by Crippen LogP contribution is 2.23. The number of rotatable bonds is 3. The van der Waals surface area contributed by atoms with Crippen molar-refractivity contribution in [3.8, 4) is 0 Å². The van der Waals surface area contributed by atoms with Crippen molar-refractivity contribution in [1.82, 2.24) is 4.90 Å². The van der Waals surface area contributed by atoms with Gasteiger partial charge in [0.05, 0.1) is 6.26 Å². The van der Waals surface area contributed by atoms with Crippen LogP contribution in [0.15, 0.2) is 47.6 Å². The summed E-state index contributed by atoms with van der Waals surface area (Å²) in [5.41, 5.74) is 2.03. The maximum atomic E-state index is 11.8. The summed E-state index contributed by atoms with van der Waals surface area (Å²) in [6, 6.07) is 7.99. The van der Waals surface area contributed by atoms with Gasteiger partial charge in [-0.15, -0.1) is 6.58 Å². The summed E-state index contributed by atoms with van der Waals surface area (Å²) in [4.78, 5) is 13.7. The Hall–Kier alpha value is -2.03. The molecule has 2 heterocycles. The lowest BCUT2D eigenvalue weighted by molar-refractivity contribution is -0.128. The summed E-state index contributed by atoms with van der Waals surface area (Å²) in [6.07, 6.45) is 4.15. The van der Waals surface area contributed by atoms with E-state index in [0.717, 1.165) is 23.1 Å². The van der Waals surface area contributed by atoms with Crippen LogP contribution >= 0.6 is 0 Å². The van der Waals surface area contributed by atoms with Crippen molar-refractivity contribution in [3.63, 3.8) is 0 Å². The van der Waals surface area contributed by atoms with Gasteiger partial charge in [-0.1, -0.05) is 12.1 Å². The van der Waals surface area contributed by atoms with Crippen molar-refractivity contribution in [3.05, 3.63) is 48.7 Å². The minimum atomic E-state index is 0.215. The molecular weight excluding hydrogens is 226 g/mol. The number of fused-ring (bicyclic) bond motifs is 1. The largest absolute Gasteiger partial charge is 0.464 e. The maximum Gasteiger partial charge on any atom is 0.223 e. The predicted molar refractivity (Wildman–Crippen MR) is 69.9 cm³/mol. The average Bonchev–Trinajstić information content (AvgIpc) is 2.96. The molecule has 3 nitrogen and oxygen atoms in total. The van der Waals surface area contributed by atoms with Crippen LogP contribution in [0.3, 0.4) is 0 Å². The third kappa shape index (κ3) is 1.92. The number of likely N-dealkylation sites (tertiary alicyclic amines) is 1. The summed E-state index contributed by atoms with van der Waals surface area (Å²) in [6.45, 7) is 5.22. The van der Waals surface area contributed by atoms with Crippen LogP contribution in [0, 0.1) is 5.92 Å². The molecule has 0 saturated carbocycles. The molecule has 1 saturated heterocycles. The molecule has 2 aromatic rings. The number of hydrogen-bond donors (Lipinski definition) is 0. The monoisotopic (exact) mass is 241 g/mol. The van der Waals surface area contributed by atoms with Crippen molar-refractivity contribution < 1.29 is 9.21 Å². The molecule has 92 valence electrons. The van der Waals surface area contributed by atoms with E-state index in [2.05, 4.69) is 12.6 Å². The first-order valence-corrected chi connectivity index (χ1v) is 6.13. The first kappa shape index (κ1) is 11.1. The molecule has 0 N–H and O–H groups in total. The van der Waals surface area contributed by atoms with E-state index in [1.165, 1.54) is 0 Å². The average molecular weight is 241 g/mol. The number of benzene rings is 1. The number of nitrogens with zero attached hydrogens (tertiary/aromatic N) is 1. The zero-order valence-corrected chi connectivity index (χ0v) is 10.1. The van der Waals surface area contributed by atoms with Crippen LogP contribution < -0.4 is 0 Å². The van der Waals surface area contributed by atoms with E-state index in [4.69, 9.17) is 4.42 Å². The van der Waals surface area contributed by atoms with Gasteiger partial charge >= 0.3 is 0 Å². The summed E-state index contributed by atoms with van der Waals surface area (Å²) in [5, 5.41) is 1.08. The number of furan rings is 1. The molecule has 0 spiro atoms. The molecule has 1 unspecified atom stereocenters. The van der Waals surface area contributed by atoms with E-state index < -0.39 is 0 Å². The van der Waals surface area contributed by atoms with Crippen LogP contribution in [0.5, 0.6) is 0 Å². The van der Waals surface area contributed by atoms with Crippen LogP contribution in [-0.2, 0) is 11.3 Å². The van der Waals surface area contributed by atoms with Crippen LogP contribution in [0.25, 0.3) is 11.0 Å². The fourth-order valence-corrected chi connectivity index (χ4v) is 2.45. The number of amides is 1. The van der Waals surface area contributed by atoms with Gasteiger partial charge in [0, 0.05) is 30.8 Å². The number of carbonyl (C=O) groups excluding carboxylic acids is 1. The zero-order valence-electron chi connectivity index (χ0n) is 10.1. The summed E-state index contributed by atoms with van der Waals surface area (Å²) in [5.74, 6) is 0.516. The molecule has 0 aliphatic carbocycles. The Balaban J connectivity index is 1.79. The van der Waals surface area contributed by atoms with Crippen LogP contribution in [0.1, 0.15) is 12.0 Å². The second-order valence-corrected chi connectivity index (χ2v) is 4.77. The van der Waals surface area contributed by atoms with Crippen molar-refractivity contribution in [2.45, 2.75) is 13.0 Å². The fraction of sp³-hybridized carbons (Fsp3) is 0.267. The molecule has 1 aliphatic heterocycles. The minimum Gasteiger partial charge on any atom is -0.464 e. The van der Waals surface area contributed by atoms with Crippen LogP contribution in [-0.4, -0.2) is 17.4 Å². The van der Waals surface area contributed by atoms with Gasteiger partial charge in [0.25, 0.3) is 0 Å². The molecule has 3 rings (SSSR count). The second-order valence-electron chi connectivity index (χ2n) is 4.77. The van der Waals surface area contributed by atoms with Crippen LogP contribution in [0.2, 0.25) is 0 Å². The van der Waals surface area contributed by atoms with E-state index >= 15 is 0 Å². The number of hydrogen-bond acceptors (Lipinski definition) is 2. The summed E-state index contributed by atoms with van der Waals surface area (Å²) >= 11 is 0. The third-order valence-electron chi connectivity index (χ3n) is 3.47. The standard InChI is InChI=1S/C15H15NO2/c1-2-11-8-15(17)16(9-11)10-12-3-4-14-13(7-12)5-6-18-14/h2-7,11H,1,8-10H2. The maximum absolute atomic E-state index is 11.8. The minimum absolute atomic E-state index is 0.215. The molecule has 1 aromatic carbocycles. The van der Waals surface area contributed by atoms with Gasteiger partial charge in [-0.3, -0.25) is 4.79 Å². The lowest BCUT2D eigenvalue weighted by Gasteiger charge is -2.16. The lowest BCUT2D eigenvalue weighted by Crippen LogP contribution is -2.24. The Morgan fingerprint density at radius 3 is 3.11 bits per heavy atom. The van der Waals surface area contributed by atoms with Gasteiger partial charge in [0.1, 0.15) is 5.58 Å². The van der Waals surface area contributed by atoms with Crippen molar-refractivity contribution >= 4 is 16.9 Å².